The Morgan fingerprint density at radius 2 is 1.79 bits per heavy atom. The van der Waals surface area contributed by atoms with Crippen molar-refractivity contribution in [2.24, 2.45) is 11.8 Å². The zero-order valence-corrected chi connectivity index (χ0v) is 11.6. The van der Waals surface area contributed by atoms with Gasteiger partial charge in [-0.05, 0) is 32.1 Å². The van der Waals surface area contributed by atoms with Gasteiger partial charge < -0.3 is 14.9 Å². The first-order valence-corrected chi connectivity index (χ1v) is 7.62. The first kappa shape index (κ1) is 13.4. The summed E-state index contributed by atoms with van der Waals surface area (Å²) in [6.45, 7) is 1.45. The summed E-state index contributed by atoms with van der Waals surface area (Å²) in [5.41, 5.74) is -1.52. The van der Waals surface area contributed by atoms with Gasteiger partial charge in [-0.25, -0.2) is 0 Å². The number of aliphatic hydroxyl groups is 2. The molecule has 3 aliphatic rings. The average molecular weight is 268 g/mol. The van der Waals surface area contributed by atoms with Crippen molar-refractivity contribution in [1.29, 1.82) is 0 Å². The molecule has 0 aromatic carbocycles. The summed E-state index contributed by atoms with van der Waals surface area (Å²) in [6, 6.07) is 0. The number of carbonyl (C=O) groups is 1. The molecule has 3 rings (SSSR count). The second-order valence-electron chi connectivity index (χ2n) is 6.59. The van der Waals surface area contributed by atoms with E-state index in [2.05, 4.69) is 0 Å². The van der Waals surface area contributed by atoms with Gasteiger partial charge in [0.05, 0.1) is 6.10 Å². The Morgan fingerprint density at radius 1 is 1.11 bits per heavy atom. The largest absolute Gasteiger partial charge is 0.458 e. The summed E-state index contributed by atoms with van der Waals surface area (Å²) in [5.74, 6) is -0.406. The van der Waals surface area contributed by atoms with E-state index in [0.717, 1.165) is 44.9 Å². The second kappa shape index (κ2) is 4.45. The van der Waals surface area contributed by atoms with Gasteiger partial charge in [-0.2, -0.15) is 0 Å². The molecule has 0 unspecified atom stereocenters. The van der Waals surface area contributed by atoms with Crippen LogP contribution in [-0.2, 0) is 9.53 Å². The van der Waals surface area contributed by atoms with Crippen molar-refractivity contribution in [3.63, 3.8) is 0 Å². The minimum Gasteiger partial charge on any atom is -0.458 e. The number of fused-ring (bicyclic) bond motifs is 4. The van der Waals surface area contributed by atoms with Crippen LogP contribution in [0.25, 0.3) is 0 Å². The molecule has 0 saturated heterocycles. The van der Waals surface area contributed by atoms with Crippen LogP contribution in [0, 0.1) is 11.8 Å². The number of esters is 1. The van der Waals surface area contributed by atoms with Crippen molar-refractivity contribution < 1.29 is 19.7 Å². The van der Waals surface area contributed by atoms with Crippen LogP contribution >= 0.6 is 0 Å². The third-order valence-electron chi connectivity index (χ3n) is 5.69. The van der Waals surface area contributed by atoms with Crippen molar-refractivity contribution >= 4 is 5.97 Å². The van der Waals surface area contributed by atoms with Gasteiger partial charge in [0, 0.05) is 18.8 Å². The monoisotopic (exact) mass is 268 g/mol. The van der Waals surface area contributed by atoms with Crippen molar-refractivity contribution in [2.45, 2.75) is 75.6 Å². The summed E-state index contributed by atoms with van der Waals surface area (Å²) in [6.07, 6.45) is 6.70. The molecule has 4 heteroatoms. The molecule has 19 heavy (non-hydrogen) atoms. The van der Waals surface area contributed by atoms with Gasteiger partial charge in [-0.3, -0.25) is 4.79 Å². The Balaban J connectivity index is 1.96. The van der Waals surface area contributed by atoms with E-state index in [1.165, 1.54) is 6.92 Å². The zero-order valence-electron chi connectivity index (χ0n) is 11.6. The Bertz CT molecular complexity index is 382. The summed E-state index contributed by atoms with van der Waals surface area (Å²) in [5, 5.41) is 21.2. The molecule has 3 saturated carbocycles. The average Bonchev–Trinajstić information content (AvgIpc) is 2.53. The van der Waals surface area contributed by atoms with Crippen LogP contribution < -0.4 is 0 Å². The maximum atomic E-state index is 11.5. The van der Waals surface area contributed by atoms with Crippen LogP contribution in [-0.4, -0.2) is 33.5 Å². The first-order chi connectivity index (χ1) is 9.02. The van der Waals surface area contributed by atoms with E-state index in [-0.39, 0.29) is 17.8 Å². The SMILES string of the molecule is CC(=O)O[C@@]12CCCCC[C@H]1[C@]1(O)[C@@H]2CCC[C@@H]1O. The topological polar surface area (TPSA) is 66.8 Å². The summed E-state index contributed by atoms with van der Waals surface area (Å²) >= 11 is 0. The molecule has 0 amide bonds. The molecule has 3 aliphatic carbocycles. The van der Waals surface area contributed by atoms with Crippen molar-refractivity contribution in [3.05, 3.63) is 0 Å². The molecule has 2 N–H and O–H groups in total. The van der Waals surface area contributed by atoms with Crippen LogP contribution in [0.5, 0.6) is 0 Å². The molecule has 108 valence electrons. The first-order valence-electron chi connectivity index (χ1n) is 7.62. The number of hydrogen-bond donors (Lipinski definition) is 2. The molecule has 4 nitrogen and oxygen atoms in total. The summed E-state index contributed by atoms with van der Waals surface area (Å²) in [7, 11) is 0. The Labute approximate surface area is 114 Å². The van der Waals surface area contributed by atoms with E-state index in [9.17, 15) is 15.0 Å². The fourth-order valence-electron chi connectivity index (χ4n) is 5.07. The van der Waals surface area contributed by atoms with Crippen LogP contribution in [0.1, 0.15) is 58.3 Å². The quantitative estimate of drug-likeness (QED) is 0.711. The minimum atomic E-state index is -1.02. The van der Waals surface area contributed by atoms with Gasteiger partial charge in [-0.15, -0.1) is 0 Å². The van der Waals surface area contributed by atoms with E-state index >= 15 is 0 Å². The molecular formula is C15H24O4. The normalized spacial score (nSPS) is 49.3. The number of carbonyl (C=O) groups excluding carboxylic acids is 1. The van der Waals surface area contributed by atoms with Gasteiger partial charge >= 0.3 is 5.97 Å². The Hall–Kier alpha value is -0.610. The van der Waals surface area contributed by atoms with Gasteiger partial charge in [0.15, 0.2) is 0 Å². The second-order valence-corrected chi connectivity index (χ2v) is 6.59. The lowest BCUT2D eigenvalue weighted by Gasteiger charge is -2.68. The molecule has 0 bridgehead atoms. The highest BCUT2D eigenvalue weighted by molar-refractivity contribution is 5.67. The smallest absolute Gasteiger partial charge is 0.303 e. The van der Waals surface area contributed by atoms with E-state index in [0.29, 0.717) is 6.42 Å². The molecule has 0 aliphatic heterocycles. The molecule has 0 radical (unpaired) electrons. The van der Waals surface area contributed by atoms with Gasteiger partial charge in [0.25, 0.3) is 0 Å². The summed E-state index contributed by atoms with van der Waals surface area (Å²) < 4.78 is 5.73. The van der Waals surface area contributed by atoms with E-state index in [1.54, 1.807) is 0 Å². The molecule has 0 aromatic rings. The molecule has 0 spiro atoms. The van der Waals surface area contributed by atoms with Crippen molar-refractivity contribution in [1.82, 2.24) is 0 Å². The highest BCUT2D eigenvalue weighted by Crippen LogP contribution is 2.64. The fourth-order valence-corrected chi connectivity index (χ4v) is 5.07. The van der Waals surface area contributed by atoms with E-state index in [1.807, 2.05) is 0 Å². The van der Waals surface area contributed by atoms with Crippen LogP contribution in [0.2, 0.25) is 0 Å². The van der Waals surface area contributed by atoms with E-state index < -0.39 is 17.3 Å². The molecule has 0 heterocycles. The zero-order chi connectivity index (χ0) is 13.7. The number of hydrogen-bond acceptors (Lipinski definition) is 4. The predicted molar refractivity (Wildman–Crippen MR) is 69.4 cm³/mol. The van der Waals surface area contributed by atoms with Gasteiger partial charge in [-0.1, -0.05) is 19.3 Å². The van der Waals surface area contributed by atoms with Crippen molar-refractivity contribution in [3.8, 4) is 0 Å². The van der Waals surface area contributed by atoms with Gasteiger partial charge in [0.1, 0.15) is 11.2 Å². The molecule has 5 atom stereocenters. The molecule has 0 aromatic heterocycles. The third kappa shape index (κ3) is 1.69. The van der Waals surface area contributed by atoms with Gasteiger partial charge in [0.2, 0.25) is 0 Å². The number of aliphatic hydroxyl groups excluding tert-OH is 1. The van der Waals surface area contributed by atoms with E-state index in [4.69, 9.17) is 4.74 Å². The van der Waals surface area contributed by atoms with Crippen molar-refractivity contribution in [2.75, 3.05) is 0 Å². The highest BCUT2D eigenvalue weighted by atomic mass is 16.6. The number of rotatable bonds is 1. The fraction of sp³-hybridized carbons (Fsp3) is 0.933. The lowest BCUT2D eigenvalue weighted by molar-refractivity contribution is -0.337. The summed E-state index contributed by atoms with van der Waals surface area (Å²) in [4.78, 5) is 11.5. The lowest BCUT2D eigenvalue weighted by atomic mass is 9.43. The predicted octanol–water partition coefficient (Wildman–Crippen LogP) is 1.77. The maximum Gasteiger partial charge on any atom is 0.303 e. The molecule has 3 fully saturated rings. The highest BCUT2D eigenvalue weighted by Gasteiger charge is 2.74. The number of ether oxygens (including phenoxy) is 1. The molecular weight excluding hydrogens is 244 g/mol. The Morgan fingerprint density at radius 3 is 2.47 bits per heavy atom. The standard InChI is InChI=1S/C15H24O4/c1-10(16)19-14-9-4-2-3-6-11(14)15(18)12(14)7-5-8-13(15)17/h11-13,17-18H,2-9H2,1H3/t11-,12-,13+,14+,15+/m1/s1. The minimum absolute atomic E-state index is 0.0734. The maximum absolute atomic E-state index is 11.5. The van der Waals surface area contributed by atoms with Crippen LogP contribution in [0.4, 0.5) is 0 Å². The lowest BCUT2D eigenvalue weighted by Crippen LogP contribution is -2.79. The van der Waals surface area contributed by atoms with Crippen LogP contribution in [0.15, 0.2) is 0 Å². The van der Waals surface area contributed by atoms with Crippen LogP contribution in [0.3, 0.4) is 0 Å². The third-order valence-corrected chi connectivity index (χ3v) is 5.69. The Kier molecular flexibility index (Phi) is 3.13.